The molecule has 0 aliphatic heterocycles. The minimum atomic E-state index is 0.0574. The smallest absolute Gasteiger partial charge is 0.227 e. The number of carbonyl (C=O) groups excluding carboxylic acids is 1. The van der Waals surface area contributed by atoms with Crippen molar-refractivity contribution in [3.8, 4) is 5.75 Å². The first-order chi connectivity index (χ1) is 9.08. The van der Waals surface area contributed by atoms with Gasteiger partial charge < -0.3 is 15.7 Å². The van der Waals surface area contributed by atoms with E-state index in [1.165, 1.54) is 0 Å². The van der Waals surface area contributed by atoms with E-state index in [1.54, 1.807) is 18.2 Å². The average Bonchev–Trinajstić information content (AvgIpc) is 2.41. The number of phenols is 1. The molecule has 1 aromatic rings. The van der Waals surface area contributed by atoms with E-state index < -0.39 is 0 Å². The summed E-state index contributed by atoms with van der Waals surface area (Å²) in [5.74, 6) is 0.247. The van der Waals surface area contributed by atoms with Gasteiger partial charge in [0.15, 0.2) is 0 Å². The van der Waals surface area contributed by atoms with Crippen LogP contribution in [-0.4, -0.2) is 35.0 Å². The summed E-state index contributed by atoms with van der Waals surface area (Å²) in [6.07, 6.45) is 4.18. The number of benzene rings is 1. The predicted octanol–water partition coefficient (Wildman–Crippen LogP) is 1.66. The van der Waals surface area contributed by atoms with E-state index in [1.807, 2.05) is 18.0 Å². The van der Waals surface area contributed by atoms with Gasteiger partial charge in [0.1, 0.15) is 5.75 Å². The van der Waals surface area contributed by atoms with Crippen molar-refractivity contribution in [1.82, 2.24) is 4.90 Å². The number of para-hydroxylation sites is 1. The number of hydrogen-bond donors (Lipinski definition) is 2. The van der Waals surface area contributed by atoms with Gasteiger partial charge in [-0.15, -0.1) is 0 Å². The molecule has 0 aromatic heterocycles. The topological polar surface area (TPSA) is 66.6 Å². The number of nitrogens with two attached hydrogens (primary N) is 1. The molecule has 0 bridgehead atoms. The molecular weight excluding hydrogens is 240 g/mol. The zero-order valence-electron chi connectivity index (χ0n) is 11.4. The number of carbonyl (C=O) groups is 1. The van der Waals surface area contributed by atoms with Gasteiger partial charge in [-0.25, -0.2) is 0 Å². The molecular formula is C15H22N2O2. The summed E-state index contributed by atoms with van der Waals surface area (Å²) in [6.45, 7) is 0. The second-order valence-electron chi connectivity index (χ2n) is 5.38. The summed E-state index contributed by atoms with van der Waals surface area (Å²) in [4.78, 5) is 14.0. The first kappa shape index (κ1) is 13.9. The van der Waals surface area contributed by atoms with E-state index in [4.69, 9.17) is 5.73 Å². The normalized spacial score (nSPS) is 23.1. The zero-order valence-corrected chi connectivity index (χ0v) is 11.4. The SMILES string of the molecule is CN(C(=O)Cc1ccccc1O)C1CCC(N)CC1. The number of rotatable bonds is 3. The Bertz CT molecular complexity index is 440. The Kier molecular flexibility index (Phi) is 4.43. The van der Waals surface area contributed by atoms with Gasteiger partial charge in [-0.2, -0.15) is 0 Å². The van der Waals surface area contributed by atoms with Crippen LogP contribution in [0, 0.1) is 0 Å². The second kappa shape index (κ2) is 6.06. The summed E-state index contributed by atoms with van der Waals surface area (Å²) in [5, 5.41) is 9.70. The summed E-state index contributed by atoms with van der Waals surface area (Å²) in [5.41, 5.74) is 6.57. The number of nitrogens with zero attached hydrogens (tertiary/aromatic N) is 1. The molecule has 1 aromatic carbocycles. The summed E-state index contributed by atoms with van der Waals surface area (Å²) >= 11 is 0. The third-order valence-corrected chi connectivity index (χ3v) is 4.02. The maximum atomic E-state index is 12.2. The highest BCUT2D eigenvalue weighted by Crippen LogP contribution is 2.23. The highest BCUT2D eigenvalue weighted by Gasteiger charge is 2.25. The first-order valence-electron chi connectivity index (χ1n) is 6.86. The van der Waals surface area contributed by atoms with Crippen LogP contribution in [0.1, 0.15) is 31.2 Å². The molecule has 3 N–H and O–H groups in total. The summed E-state index contributed by atoms with van der Waals surface area (Å²) in [6, 6.07) is 7.58. The Morgan fingerprint density at radius 2 is 1.95 bits per heavy atom. The van der Waals surface area contributed by atoms with E-state index in [9.17, 15) is 9.90 Å². The van der Waals surface area contributed by atoms with E-state index in [-0.39, 0.29) is 30.2 Å². The molecule has 1 aliphatic rings. The van der Waals surface area contributed by atoms with Crippen molar-refractivity contribution in [3.63, 3.8) is 0 Å². The first-order valence-corrected chi connectivity index (χ1v) is 6.86. The van der Waals surface area contributed by atoms with Crippen molar-refractivity contribution in [2.24, 2.45) is 5.73 Å². The Morgan fingerprint density at radius 3 is 2.58 bits per heavy atom. The number of phenolic OH excluding ortho intramolecular Hbond substituents is 1. The Balaban J connectivity index is 1.94. The highest BCUT2D eigenvalue weighted by atomic mass is 16.3. The van der Waals surface area contributed by atoms with Crippen LogP contribution < -0.4 is 5.73 Å². The lowest BCUT2D eigenvalue weighted by Crippen LogP contribution is -2.42. The third kappa shape index (κ3) is 3.47. The molecule has 1 aliphatic carbocycles. The second-order valence-corrected chi connectivity index (χ2v) is 5.38. The minimum Gasteiger partial charge on any atom is -0.508 e. The van der Waals surface area contributed by atoms with Crippen molar-refractivity contribution in [3.05, 3.63) is 29.8 Å². The molecule has 1 fully saturated rings. The van der Waals surface area contributed by atoms with Gasteiger partial charge in [0, 0.05) is 24.7 Å². The van der Waals surface area contributed by atoms with Gasteiger partial charge in [0.25, 0.3) is 0 Å². The van der Waals surface area contributed by atoms with Gasteiger partial charge in [0.05, 0.1) is 6.42 Å². The quantitative estimate of drug-likeness (QED) is 0.870. The van der Waals surface area contributed by atoms with Crippen molar-refractivity contribution in [1.29, 1.82) is 0 Å². The predicted molar refractivity (Wildman–Crippen MR) is 74.8 cm³/mol. The maximum Gasteiger partial charge on any atom is 0.227 e. The van der Waals surface area contributed by atoms with Crippen LogP contribution in [0.25, 0.3) is 0 Å². The molecule has 19 heavy (non-hydrogen) atoms. The van der Waals surface area contributed by atoms with Crippen LogP contribution in [0.3, 0.4) is 0 Å². The molecule has 2 rings (SSSR count). The molecule has 104 valence electrons. The van der Waals surface area contributed by atoms with Crippen LogP contribution in [0.15, 0.2) is 24.3 Å². The molecule has 0 saturated heterocycles. The highest BCUT2D eigenvalue weighted by molar-refractivity contribution is 5.79. The monoisotopic (exact) mass is 262 g/mol. The fourth-order valence-electron chi connectivity index (χ4n) is 2.64. The average molecular weight is 262 g/mol. The Hall–Kier alpha value is -1.55. The van der Waals surface area contributed by atoms with Crippen LogP contribution in [0.4, 0.5) is 0 Å². The molecule has 0 radical (unpaired) electrons. The van der Waals surface area contributed by atoms with Crippen LogP contribution in [-0.2, 0) is 11.2 Å². The fraction of sp³-hybridized carbons (Fsp3) is 0.533. The summed E-state index contributed by atoms with van der Waals surface area (Å²) < 4.78 is 0. The van der Waals surface area contributed by atoms with E-state index in [0.717, 1.165) is 25.7 Å². The van der Waals surface area contributed by atoms with E-state index in [2.05, 4.69) is 0 Å². The van der Waals surface area contributed by atoms with E-state index in [0.29, 0.717) is 5.56 Å². The molecule has 0 heterocycles. The Labute approximate surface area is 114 Å². The van der Waals surface area contributed by atoms with Crippen LogP contribution in [0.2, 0.25) is 0 Å². The fourth-order valence-corrected chi connectivity index (χ4v) is 2.64. The van der Waals surface area contributed by atoms with Crippen molar-refractivity contribution in [2.75, 3.05) is 7.05 Å². The number of hydrogen-bond acceptors (Lipinski definition) is 3. The number of amides is 1. The van der Waals surface area contributed by atoms with Crippen molar-refractivity contribution in [2.45, 2.75) is 44.2 Å². The maximum absolute atomic E-state index is 12.2. The summed E-state index contributed by atoms with van der Waals surface area (Å²) in [7, 11) is 1.85. The van der Waals surface area contributed by atoms with Crippen LogP contribution in [0.5, 0.6) is 5.75 Å². The molecule has 1 amide bonds. The molecule has 0 spiro atoms. The van der Waals surface area contributed by atoms with Crippen molar-refractivity contribution >= 4 is 5.91 Å². The van der Waals surface area contributed by atoms with Crippen LogP contribution >= 0.6 is 0 Å². The molecule has 0 unspecified atom stereocenters. The number of aromatic hydroxyl groups is 1. The minimum absolute atomic E-state index is 0.0574. The standard InChI is InChI=1S/C15H22N2O2/c1-17(13-8-6-12(16)7-9-13)15(19)10-11-4-2-3-5-14(11)18/h2-5,12-13,18H,6-10,16H2,1H3. The zero-order chi connectivity index (χ0) is 13.8. The van der Waals surface area contributed by atoms with Gasteiger partial charge in [-0.1, -0.05) is 18.2 Å². The third-order valence-electron chi connectivity index (χ3n) is 4.02. The lowest BCUT2D eigenvalue weighted by Gasteiger charge is -2.33. The van der Waals surface area contributed by atoms with Gasteiger partial charge in [-0.3, -0.25) is 4.79 Å². The molecule has 0 atom stereocenters. The van der Waals surface area contributed by atoms with Gasteiger partial charge >= 0.3 is 0 Å². The molecule has 4 heteroatoms. The van der Waals surface area contributed by atoms with Crippen molar-refractivity contribution < 1.29 is 9.90 Å². The van der Waals surface area contributed by atoms with Gasteiger partial charge in [0.2, 0.25) is 5.91 Å². The number of likely N-dealkylation sites (N-methyl/N-ethyl adjacent to an activating group) is 1. The lowest BCUT2D eigenvalue weighted by molar-refractivity contribution is -0.131. The lowest BCUT2D eigenvalue weighted by atomic mass is 9.91. The molecule has 1 saturated carbocycles. The Morgan fingerprint density at radius 1 is 1.32 bits per heavy atom. The van der Waals surface area contributed by atoms with Gasteiger partial charge in [-0.05, 0) is 31.7 Å². The largest absolute Gasteiger partial charge is 0.508 e. The molecule has 4 nitrogen and oxygen atoms in total. The van der Waals surface area contributed by atoms with E-state index >= 15 is 0 Å².